The fraction of sp³-hybridized carbons (Fsp3) is 0.379. The first kappa shape index (κ1) is 30.6. The average molecular weight is 642 g/mol. The monoisotopic (exact) mass is 641 g/mol. The molecule has 4 aromatic rings. The molecule has 0 unspecified atom stereocenters. The van der Waals surface area contributed by atoms with Gasteiger partial charge in [0.05, 0.1) is 11.7 Å². The van der Waals surface area contributed by atoms with Crippen LogP contribution in [0.1, 0.15) is 35.3 Å². The average Bonchev–Trinajstić information content (AvgIpc) is 3.75. The number of ether oxygens (including phenoxy) is 1. The Morgan fingerprint density at radius 3 is 2.53 bits per heavy atom. The van der Waals surface area contributed by atoms with E-state index in [9.17, 15) is 33.0 Å². The van der Waals surface area contributed by atoms with Gasteiger partial charge in [0.1, 0.15) is 5.75 Å². The topological polar surface area (TPSA) is 138 Å². The number of aromatic hydroxyl groups is 1. The van der Waals surface area contributed by atoms with Crippen molar-refractivity contribution in [2.45, 2.75) is 38.1 Å². The first-order valence-electron chi connectivity index (χ1n) is 14.1. The molecule has 6 rings (SSSR count). The molecule has 1 saturated carbocycles. The van der Waals surface area contributed by atoms with Crippen molar-refractivity contribution < 1.29 is 37.7 Å². The van der Waals surface area contributed by atoms with E-state index in [4.69, 9.17) is 4.74 Å². The predicted octanol–water partition coefficient (Wildman–Crippen LogP) is 3.92. The van der Waals surface area contributed by atoms with Crippen LogP contribution < -0.4 is 4.74 Å². The number of nitrogens with zero attached hydrogens (tertiary/aromatic N) is 7. The normalized spacial score (nSPS) is 18.7. The number of imidazole rings is 1. The molecule has 1 aromatic carbocycles. The molecule has 1 saturated heterocycles. The number of phenols is 1. The Morgan fingerprint density at radius 2 is 1.87 bits per heavy atom. The van der Waals surface area contributed by atoms with E-state index in [1.165, 1.54) is 47.4 Å². The number of hydrogen-bond donors (Lipinski definition) is 2. The standard InChI is InChI=1S/C29H27F3N7O5P/c30-29(31,32)24-21(16-38(35-24)11-12-45)22-15-34-25-26(33-5-6-39(22)25)44-19-3-4-20(23(41)14-19)28(43)37-9-7-36(8-10-37)27(42)17-1-2-18(40)13-17/h3-6,14-18,40-41H,1-2,7-11,13H2/t17-,18+/m0/s1. The summed E-state index contributed by atoms with van der Waals surface area (Å²) in [5.74, 6) is -0.868. The Labute approximate surface area is 256 Å². The Kier molecular flexibility index (Phi) is 8.25. The molecule has 3 aromatic heterocycles. The van der Waals surface area contributed by atoms with Crippen LogP contribution in [-0.4, -0.2) is 88.3 Å². The van der Waals surface area contributed by atoms with Crippen LogP contribution in [0, 0.1) is 11.5 Å². The second kappa shape index (κ2) is 12.2. The molecule has 45 heavy (non-hydrogen) atoms. The van der Waals surface area contributed by atoms with Gasteiger partial charge in [-0.15, -0.1) is 0 Å². The first-order valence-corrected chi connectivity index (χ1v) is 14.6. The number of alkyl halides is 3. The van der Waals surface area contributed by atoms with Crippen LogP contribution in [0.2, 0.25) is 0 Å². The van der Waals surface area contributed by atoms with Crippen LogP contribution in [0.15, 0.2) is 43.0 Å². The van der Waals surface area contributed by atoms with Gasteiger partial charge in [0.25, 0.3) is 5.91 Å². The molecule has 2 fully saturated rings. The number of rotatable bonds is 6. The molecule has 1 aliphatic carbocycles. The zero-order valence-electron chi connectivity index (χ0n) is 23.7. The summed E-state index contributed by atoms with van der Waals surface area (Å²) < 4.78 is 49.6. The van der Waals surface area contributed by atoms with Crippen molar-refractivity contribution >= 4 is 26.2 Å². The number of hydrogen-bond acceptors (Lipinski definition) is 8. The number of halogens is 3. The zero-order chi connectivity index (χ0) is 31.9. The van der Waals surface area contributed by atoms with Gasteiger partial charge in [0.15, 0.2) is 0 Å². The maximum atomic E-state index is 13.8. The third-order valence-electron chi connectivity index (χ3n) is 7.98. The Bertz CT molecular complexity index is 1810. The van der Waals surface area contributed by atoms with Crippen molar-refractivity contribution in [1.82, 2.24) is 33.9 Å². The number of aromatic nitrogens is 5. The Hall–Kier alpha value is -4.45. The van der Waals surface area contributed by atoms with Gasteiger partial charge >= 0.3 is 140 Å². The summed E-state index contributed by atoms with van der Waals surface area (Å²) in [6, 6.07) is 4.11. The summed E-state index contributed by atoms with van der Waals surface area (Å²) >= 11 is 0. The Morgan fingerprint density at radius 1 is 1.11 bits per heavy atom. The molecule has 1 aliphatic heterocycles. The molecule has 0 radical (unpaired) electrons. The molecule has 2 amide bonds. The number of carbonyl (C=O) groups excluding carboxylic acids is 2. The molecule has 4 heterocycles. The van der Waals surface area contributed by atoms with E-state index < -0.39 is 23.9 Å². The minimum Gasteiger partial charge on any atom is -0.507 e. The molecule has 16 heteroatoms. The van der Waals surface area contributed by atoms with Crippen molar-refractivity contribution in [2.75, 3.05) is 26.2 Å². The number of fused-ring (bicyclic) bond motifs is 1. The van der Waals surface area contributed by atoms with Gasteiger partial charge in [-0.3, -0.25) is 9.59 Å². The number of piperazine rings is 1. The molecule has 2 N–H and O–H groups in total. The molecule has 234 valence electrons. The van der Waals surface area contributed by atoms with Gasteiger partial charge in [-0.2, -0.15) is 0 Å². The van der Waals surface area contributed by atoms with E-state index in [2.05, 4.69) is 29.4 Å². The quantitative estimate of drug-likeness (QED) is 0.302. The summed E-state index contributed by atoms with van der Waals surface area (Å²) in [6.45, 7) is 1.25. The van der Waals surface area contributed by atoms with Crippen molar-refractivity contribution in [1.29, 1.82) is 0 Å². The van der Waals surface area contributed by atoms with Gasteiger partial charge in [-0.25, -0.2) is 0 Å². The third kappa shape index (κ3) is 6.11. The summed E-state index contributed by atoms with van der Waals surface area (Å²) in [4.78, 5) is 37.6. The van der Waals surface area contributed by atoms with E-state index in [0.717, 1.165) is 4.68 Å². The van der Waals surface area contributed by atoms with Crippen LogP contribution in [0.3, 0.4) is 0 Å². The SMILES string of the molecule is O=C(c1ccc(Oc2nccn3c(-c4cn(CC#P)nc4C(F)(F)F)cnc23)cc1O)N1CCN(C(=O)[C@H]2CC[C@@H](O)C2)CC1. The predicted molar refractivity (Wildman–Crippen MR) is 154 cm³/mol. The maximum absolute atomic E-state index is 13.8. The van der Waals surface area contributed by atoms with Gasteiger partial charge in [0.2, 0.25) is 5.91 Å². The van der Waals surface area contributed by atoms with Crippen LogP contribution >= 0.6 is 8.70 Å². The number of carbonyl (C=O) groups is 2. The van der Waals surface area contributed by atoms with E-state index in [-0.39, 0.29) is 58.2 Å². The van der Waals surface area contributed by atoms with Crippen molar-refractivity contribution in [2.24, 2.45) is 5.92 Å². The van der Waals surface area contributed by atoms with Crippen LogP contribution in [-0.2, 0) is 17.5 Å². The third-order valence-corrected chi connectivity index (χ3v) is 8.12. The number of phenolic OH excluding ortho intramolecular Hbond substituents is 1. The van der Waals surface area contributed by atoms with Crippen molar-refractivity contribution in [3.8, 4) is 34.3 Å². The van der Waals surface area contributed by atoms with Crippen molar-refractivity contribution in [3.63, 3.8) is 0 Å². The minimum atomic E-state index is -4.73. The summed E-state index contributed by atoms with van der Waals surface area (Å²) in [5, 5.41) is 24.1. The van der Waals surface area contributed by atoms with Crippen molar-refractivity contribution in [3.05, 3.63) is 54.2 Å². The smallest absolute Gasteiger partial charge is 0.507 e. The number of benzene rings is 1. The second-order valence-corrected chi connectivity index (χ2v) is 11.2. The first-order chi connectivity index (χ1) is 21.5. The van der Waals surface area contributed by atoms with E-state index in [0.29, 0.717) is 45.4 Å². The fourth-order valence-electron chi connectivity index (χ4n) is 5.75. The molecule has 0 bridgehead atoms. The second-order valence-electron chi connectivity index (χ2n) is 10.9. The number of aliphatic hydroxyl groups is 1. The van der Waals surface area contributed by atoms with Crippen LogP contribution in [0.25, 0.3) is 16.9 Å². The van der Waals surface area contributed by atoms with E-state index in [1.807, 2.05) is 0 Å². The van der Waals surface area contributed by atoms with E-state index >= 15 is 0 Å². The molecular formula is C29H27F3N7O5P. The molecule has 0 spiro atoms. The van der Waals surface area contributed by atoms with Gasteiger partial charge in [-0.05, 0) is 25.3 Å². The van der Waals surface area contributed by atoms with Gasteiger partial charge in [0, 0.05) is 32.1 Å². The fourth-order valence-corrected chi connectivity index (χ4v) is 5.89. The van der Waals surface area contributed by atoms with Gasteiger partial charge < -0.3 is 20.0 Å². The number of amides is 2. The zero-order valence-corrected chi connectivity index (χ0v) is 24.6. The summed E-state index contributed by atoms with van der Waals surface area (Å²) in [7, 11) is 3.83. The van der Waals surface area contributed by atoms with Crippen LogP contribution in [0.5, 0.6) is 17.4 Å². The minimum absolute atomic E-state index is 0.00196. The summed E-state index contributed by atoms with van der Waals surface area (Å²) in [5.41, 5.74) is 1.40. The Balaban J connectivity index is 1.17. The molecule has 2 aliphatic rings. The van der Waals surface area contributed by atoms with Crippen LogP contribution in [0.4, 0.5) is 13.2 Å². The summed E-state index contributed by atoms with van der Waals surface area (Å²) in [6.07, 6.45) is 1.81. The molecule has 12 nitrogen and oxygen atoms in total. The number of aliphatic hydroxyl groups excluding tert-OH is 1. The van der Waals surface area contributed by atoms with Gasteiger partial charge in [-0.1, -0.05) is 0 Å². The molecular weight excluding hydrogens is 614 g/mol. The van der Waals surface area contributed by atoms with E-state index in [1.54, 1.807) is 9.80 Å². The molecule has 2 atom stereocenters.